The van der Waals surface area contributed by atoms with Crippen LogP contribution in [-0.2, 0) is 0 Å². The number of carbonyl (C=O) groups is 2. The second kappa shape index (κ2) is 21.3. The highest BCUT2D eigenvalue weighted by Gasteiger charge is 2.30. The summed E-state index contributed by atoms with van der Waals surface area (Å²) >= 11 is 16.9. The predicted molar refractivity (Wildman–Crippen MR) is 261 cm³/mol. The van der Waals surface area contributed by atoms with Crippen molar-refractivity contribution in [3.05, 3.63) is 167 Å². The van der Waals surface area contributed by atoms with E-state index in [1.807, 2.05) is 53.4 Å². The fourth-order valence-corrected chi connectivity index (χ4v) is 8.54. The van der Waals surface area contributed by atoms with Crippen LogP contribution in [0, 0.1) is 11.6 Å². The van der Waals surface area contributed by atoms with E-state index < -0.39 is 16.9 Å². The maximum absolute atomic E-state index is 14.6. The number of amides is 1. The van der Waals surface area contributed by atoms with Crippen molar-refractivity contribution in [2.24, 2.45) is 0 Å². The summed E-state index contributed by atoms with van der Waals surface area (Å²) in [6, 6.07) is 31.1. The molecule has 10 rings (SSSR count). The van der Waals surface area contributed by atoms with Crippen molar-refractivity contribution in [2.75, 3.05) is 49.1 Å². The van der Waals surface area contributed by atoms with Crippen molar-refractivity contribution >= 4 is 79.1 Å². The quantitative estimate of drug-likeness (QED) is 0.160. The molecule has 1 amide bonds. The first kappa shape index (κ1) is 46.8. The molecule has 2 saturated heterocycles. The van der Waals surface area contributed by atoms with E-state index in [1.54, 1.807) is 73.3 Å². The van der Waals surface area contributed by atoms with Gasteiger partial charge in [-0.3, -0.25) is 19.6 Å². The summed E-state index contributed by atoms with van der Waals surface area (Å²) in [5.41, 5.74) is 2.88. The monoisotopic (exact) mass is 958 g/mol. The summed E-state index contributed by atoms with van der Waals surface area (Å²) < 4.78 is 29.0. The van der Waals surface area contributed by atoms with Crippen LogP contribution >= 0.6 is 34.8 Å². The van der Waals surface area contributed by atoms with Crippen molar-refractivity contribution in [2.45, 2.75) is 25.9 Å². The number of halogens is 5. The second-order valence-corrected chi connectivity index (χ2v) is 17.1. The molecule has 0 aliphatic carbocycles. The van der Waals surface area contributed by atoms with Gasteiger partial charge in [0, 0.05) is 130 Å². The molecule has 340 valence electrons. The van der Waals surface area contributed by atoms with Crippen LogP contribution in [0.3, 0.4) is 0 Å². The molecular formula is C50H43Cl3F2N10O2. The predicted octanol–water partition coefficient (Wildman–Crippen LogP) is 10.2. The second-order valence-electron chi connectivity index (χ2n) is 15.9. The Kier molecular flexibility index (Phi) is 14.9. The zero-order valence-electron chi connectivity index (χ0n) is 36.3. The van der Waals surface area contributed by atoms with Gasteiger partial charge in [-0.05, 0) is 86.1 Å². The molecule has 0 spiro atoms. The molecule has 0 radical (unpaired) electrons. The van der Waals surface area contributed by atoms with Gasteiger partial charge in [0.1, 0.15) is 23.0 Å². The number of nitrogens with one attached hydrogen (secondary N) is 1. The largest absolute Gasteiger partial charge is 0.349 e. The molecule has 4 aromatic carbocycles. The maximum Gasteiger partial charge on any atom is 0.253 e. The van der Waals surface area contributed by atoms with Gasteiger partial charge in [-0.2, -0.15) is 0 Å². The summed E-state index contributed by atoms with van der Waals surface area (Å²) in [7, 11) is 0. The van der Waals surface area contributed by atoms with Gasteiger partial charge in [-0.1, -0.05) is 71.7 Å². The van der Waals surface area contributed by atoms with Crippen LogP contribution in [0.2, 0.25) is 10.0 Å². The number of piperazine rings is 2. The molecule has 4 aromatic heterocycles. The average molecular weight is 960 g/mol. The molecule has 0 saturated carbocycles. The number of aromatic nitrogens is 6. The average Bonchev–Trinajstić information content (AvgIpc) is 3.35. The normalized spacial score (nSPS) is 15.9. The molecule has 2 fully saturated rings. The first-order valence-corrected chi connectivity index (χ1v) is 22.6. The Morgan fingerprint density at radius 1 is 0.612 bits per heavy atom. The Balaban J connectivity index is 0.000000157. The van der Waals surface area contributed by atoms with E-state index in [4.69, 9.17) is 34.8 Å². The summed E-state index contributed by atoms with van der Waals surface area (Å²) in [5, 5.41) is 24.5. The van der Waals surface area contributed by atoms with Crippen molar-refractivity contribution in [1.29, 1.82) is 0 Å². The van der Waals surface area contributed by atoms with Crippen LogP contribution in [0.15, 0.2) is 134 Å². The fraction of sp³-hybridized carbons (Fsp3) is 0.200. The molecule has 6 heterocycles. The molecule has 12 nitrogen and oxygen atoms in total. The Bertz CT molecular complexity index is 3050. The van der Waals surface area contributed by atoms with E-state index in [9.17, 15) is 18.4 Å². The van der Waals surface area contributed by atoms with E-state index >= 15 is 0 Å². The number of anilines is 2. The number of pyridine rings is 2. The van der Waals surface area contributed by atoms with Crippen LogP contribution in [-0.4, -0.2) is 97.8 Å². The number of hydrogen-bond acceptors (Lipinski definition) is 11. The van der Waals surface area contributed by atoms with E-state index in [0.717, 1.165) is 47.0 Å². The SMILES string of the molecule is C[C@@H]1CN(C(=O)c2ccccc2)CCN1c1nnc(-c2ccc(Cl)cc2F)c2ccncc12.C[C@@H]1CNCCN1c1nnc(-c2ccc(Cl)cc2F)c2ccncc12.O=C(Cl)c1ccccc1. The third-order valence-electron chi connectivity index (χ3n) is 11.5. The number of nitrogens with zero attached hydrogens (tertiary/aromatic N) is 9. The van der Waals surface area contributed by atoms with Gasteiger partial charge >= 0.3 is 0 Å². The third kappa shape index (κ3) is 10.6. The minimum atomic E-state index is -0.455. The zero-order valence-corrected chi connectivity index (χ0v) is 38.6. The third-order valence-corrected chi connectivity index (χ3v) is 12.2. The van der Waals surface area contributed by atoms with Gasteiger partial charge in [-0.15, -0.1) is 20.4 Å². The van der Waals surface area contributed by atoms with E-state index in [1.165, 1.54) is 12.1 Å². The summed E-state index contributed by atoms with van der Waals surface area (Å²) in [4.78, 5) is 38.0. The topological polar surface area (TPSA) is 133 Å². The Labute approximate surface area is 400 Å². The fourth-order valence-electron chi connectivity index (χ4n) is 8.10. The minimum absolute atomic E-state index is 0.0160. The number of rotatable bonds is 6. The summed E-state index contributed by atoms with van der Waals surface area (Å²) in [6.07, 6.45) is 6.84. The molecular weight excluding hydrogens is 917 g/mol. The lowest BCUT2D eigenvalue weighted by Gasteiger charge is -2.40. The molecule has 67 heavy (non-hydrogen) atoms. The Morgan fingerprint density at radius 3 is 1.58 bits per heavy atom. The zero-order chi connectivity index (χ0) is 47.0. The Morgan fingerprint density at radius 2 is 1.12 bits per heavy atom. The van der Waals surface area contributed by atoms with Crippen molar-refractivity contribution < 1.29 is 18.4 Å². The van der Waals surface area contributed by atoms with Crippen molar-refractivity contribution in [3.8, 4) is 22.5 Å². The smallest absolute Gasteiger partial charge is 0.253 e. The molecule has 2 atom stereocenters. The van der Waals surface area contributed by atoms with Crippen LogP contribution in [0.1, 0.15) is 34.6 Å². The highest BCUT2D eigenvalue weighted by atomic mass is 35.5. The van der Waals surface area contributed by atoms with Gasteiger partial charge in [0.25, 0.3) is 11.1 Å². The number of carbonyl (C=O) groups excluding carboxylic acids is 2. The lowest BCUT2D eigenvalue weighted by molar-refractivity contribution is 0.0726. The lowest BCUT2D eigenvalue weighted by atomic mass is 10.0. The van der Waals surface area contributed by atoms with Gasteiger partial charge in [0.2, 0.25) is 0 Å². The molecule has 0 bridgehead atoms. The standard InChI is InChI=1S/C25H21ClFN5O.C18H17ClFN5.C7H5ClO/c1-16-15-31(25(33)17-5-3-2-4-6-17)11-12-32(16)24-21-14-28-10-9-19(21)23(29-30-24)20-8-7-18(26)13-22(20)27;1-11-9-22-6-7-25(11)18-15-10-21-5-4-13(15)17(23-24-18)14-3-2-12(19)8-16(14)20;8-7(9)6-4-2-1-3-5-6/h2-10,13-14,16H,11-12,15H2,1H3;2-5,8,10-11,22H,6-7,9H2,1H3;1-5H/t16-;11-;/m11./s1. The van der Waals surface area contributed by atoms with Gasteiger partial charge in [0.15, 0.2) is 11.6 Å². The maximum atomic E-state index is 14.6. The molecule has 8 aromatic rings. The number of hydrogen-bond donors (Lipinski definition) is 1. The van der Waals surface area contributed by atoms with E-state index in [2.05, 4.69) is 59.3 Å². The van der Waals surface area contributed by atoms with Crippen molar-refractivity contribution in [3.63, 3.8) is 0 Å². The number of fused-ring (bicyclic) bond motifs is 2. The number of benzene rings is 4. The van der Waals surface area contributed by atoms with Gasteiger partial charge in [0.05, 0.1) is 0 Å². The van der Waals surface area contributed by atoms with Crippen LogP contribution in [0.4, 0.5) is 20.4 Å². The van der Waals surface area contributed by atoms with E-state index in [0.29, 0.717) is 75.2 Å². The molecule has 17 heteroatoms. The first-order chi connectivity index (χ1) is 32.5. The summed E-state index contributed by atoms with van der Waals surface area (Å²) in [5.74, 6) is 0.617. The van der Waals surface area contributed by atoms with Crippen LogP contribution < -0.4 is 15.1 Å². The van der Waals surface area contributed by atoms with Crippen LogP contribution in [0.25, 0.3) is 44.1 Å². The van der Waals surface area contributed by atoms with Crippen molar-refractivity contribution in [1.82, 2.24) is 40.6 Å². The van der Waals surface area contributed by atoms with E-state index in [-0.39, 0.29) is 11.9 Å². The lowest BCUT2D eigenvalue weighted by Crippen LogP contribution is -2.54. The van der Waals surface area contributed by atoms with Gasteiger partial charge in [-0.25, -0.2) is 8.78 Å². The molecule has 2 aliphatic rings. The molecule has 2 aliphatic heterocycles. The minimum Gasteiger partial charge on any atom is -0.349 e. The highest BCUT2D eigenvalue weighted by Crippen LogP contribution is 2.36. The molecule has 0 unspecified atom stereocenters. The first-order valence-electron chi connectivity index (χ1n) is 21.4. The summed E-state index contributed by atoms with van der Waals surface area (Å²) in [6.45, 7) is 8.55. The Hall–Kier alpha value is -6.71. The van der Waals surface area contributed by atoms with Gasteiger partial charge < -0.3 is 20.0 Å². The van der Waals surface area contributed by atoms with Crippen LogP contribution in [0.5, 0.6) is 0 Å². The highest BCUT2D eigenvalue weighted by molar-refractivity contribution is 6.67. The molecule has 1 N–H and O–H groups in total.